The molecule has 0 bridgehead atoms. The molecule has 0 aromatic heterocycles. The zero-order chi connectivity index (χ0) is 15.1. The van der Waals surface area contributed by atoms with E-state index in [4.69, 9.17) is 0 Å². The normalized spacial score (nSPS) is 11.7. The standard InChI is InChI=1S/C17H20N2OS/c1-13(14-6-4-3-5-7-14)18-15-8-10-16(11-9-15)19-17(20)12-21-2/h3-11,13,18H,12H2,1-2H3,(H,19,20). The molecular weight excluding hydrogens is 280 g/mol. The maximum absolute atomic E-state index is 11.5. The Kier molecular flexibility index (Phi) is 5.69. The summed E-state index contributed by atoms with van der Waals surface area (Å²) < 4.78 is 0. The Morgan fingerprint density at radius 1 is 1.05 bits per heavy atom. The molecular formula is C17H20N2OS. The van der Waals surface area contributed by atoms with Gasteiger partial charge in [0, 0.05) is 17.4 Å². The van der Waals surface area contributed by atoms with Gasteiger partial charge in [-0.05, 0) is 43.0 Å². The van der Waals surface area contributed by atoms with E-state index in [9.17, 15) is 4.79 Å². The molecule has 0 heterocycles. The van der Waals surface area contributed by atoms with Crippen LogP contribution in [0.3, 0.4) is 0 Å². The fourth-order valence-corrected chi connectivity index (χ4v) is 2.39. The van der Waals surface area contributed by atoms with E-state index in [0.717, 1.165) is 11.4 Å². The fraction of sp³-hybridized carbons (Fsp3) is 0.235. The van der Waals surface area contributed by atoms with Crippen LogP contribution in [-0.4, -0.2) is 17.9 Å². The highest BCUT2D eigenvalue weighted by Crippen LogP contribution is 2.20. The minimum Gasteiger partial charge on any atom is -0.379 e. The second kappa shape index (κ2) is 7.74. The highest BCUT2D eigenvalue weighted by molar-refractivity contribution is 7.99. The number of amides is 1. The van der Waals surface area contributed by atoms with Crippen LogP contribution >= 0.6 is 11.8 Å². The second-order valence-corrected chi connectivity index (χ2v) is 5.70. The Morgan fingerprint density at radius 2 is 1.67 bits per heavy atom. The quantitative estimate of drug-likeness (QED) is 0.841. The number of carbonyl (C=O) groups is 1. The number of hydrogen-bond acceptors (Lipinski definition) is 3. The smallest absolute Gasteiger partial charge is 0.234 e. The Hall–Kier alpha value is -1.94. The van der Waals surface area contributed by atoms with Crippen molar-refractivity contribution in [2.75, 3.05) is 22.6 Å². The lowest BCUT2D eigenvalue weighted by Gasteiger charge is -2.16. The molecule has 0 aliphatic heterocycles. The van der Waals surface area contributed by atoms with Crippen LogP contribution in [0.2, 0.25) is 0 Å². The minimum atomic E-state index is 0.0286. The zero-order valence-corrected chi connectivity index (χ0v) is 13.1. The van der Waals surface area contributed by atoms with Crippen molar-refractivity contribution in [2.24, 2.45) is 0 Å². The van der Waals surface area contributed by atoms with E-state index in [0.29, 0.717) is 5.75 Å². The van der Waals surface area contributed by atoms with Gasteiger partial charge in [-0.15, -0.1) is 0 Å². The van der Waals surface area contributed by atoms with E-state index < -0.39 is 0 Å². The summed E-state index contributed by atoms with van der Waals surface area (Å²) in [4.78, 5) is 11.5. The molecule has 0 spiro atoms. The summed E-state index contributed by atoms with van der Waals surface area (Å²) >= 11 is 1.51. The van der Waals surface area contributed by atoms with Gasteiger partial charge in [-0.1, -0.05) is 30.3 Å². The van der Waals surface area contributed by atoms with Crippen LogP contribution < -0.4 is 10.6 Å². The third-order valence-corrected chi connectivity index (χ3v) is 3.68. The van der Waals surface area contributed by atoms with E-state index in [1.54, 1.807) is 0 Å². The molecule has 110 valence electrons. The van der Waals surface area contributed by atoms with Gasteiger partial charge in [0.2, 0.25) is 5.91 Å². The van der Waals surface area contributed by atoms with Crippen molar-refractivity contribution in [2.45, 2.75) is 13.0 Å². The van der Waals surface area contributed by atoms with Gasteiger partial charge < -0.3 is 10.6 Å². The van der Waals surface area contributed by atoms with Crippen LogP contribution in [0, 0.1) is 0 Å². The Morgan fingerprint density at radius 3 is 2.29 bits per heavy atom. The molecule has 0 saturated heterocycles. The van der Waals surface area contributed by atoms with Crippen LogP contribution in [0.1, 0.15) is 18.5 Å². The first-order chi connectivity index (χ1) is 10.2. The average molecular weight is 300 g/mol. The van der Waals surface area contributed by atoms with Crippen molar-refractivity contribution in [3.63, 3.8) is 0 Å². The molecule has 0 aliphatic rings. The first-order valence-electron chi connectivity index (χ1n) is 6.89. The molecule has 0 saturated carbocycles. The van der Waals surface area contributed by atoms with Crippen LogP contribution in [-0.2, 0) is 4.79 Å². The van der Waals surface area contributed by atoms with Crippen LogP contribution in [0.4, 0.5) is 11.4 Å². The third-order valence-electron chi connectivity index (χ3n) is 3.13. The number of carbonyl (C=O) groups excluding carboxylic acids is 1. The van der Waals surface area contributed by atoms with Gasteiger partial charge in [0.05, 0.1) is 5.75 Å². The molecule has 2 rings (SSSR count). The highest BCUT2D eigenvalue weighted by atomic mass is 32.2. The molecule has 2 aromatic rings. The fourth-order valence-electron chi connectivity index (χ4n) is 2.05. The summed E-state index contributed by atoms with van der Waals surface area (Å²) in [5.41, 5.74) is 3.11. The topological polar surface area (TPSA) is 41.1 Å². The van der Waals surface area contributed by atoms with Crippen molar-refractivity contribution < 1.29 is 4.79 Å². The van der Waals surface area contributed by atoms with E-state index in [1.165, 1.54) is 17.3 Å². The summed E-state index contributed by atoms with van der Waals surface area (Å²) in [7, 11) is 0. The van der Waals surface area contributed by atoms with Crippen LogP contribution in [0.25, 0.3) is 0 Å². The highest BCUT2D eigenvalue weighted by Gasteiger charge is 2.05. The molecule has 0 radical (unpaired) electrons. The van der Waals surface area contributed by atoms with Gasteiger partial charge in [-0.2, -0.15) is 11.8 Å². The van der Waals surface area contributed by atoms with E-state index in [1.807, 2.05) is 48.7 Å². The van der Waals surface area contributed by atoms with Gasteiger partial charge in [0.15, 0.2) is 0 Å². The monoisotopic (exact) mass is 300 g/mol. The second-order valence-electron chi connectivity index (χ2n) is 4.84. The number of nitrogens with one attached hydrogen (secondary N) is 2. The number of benzene rings is 2. The zero-order valence-electron chi connectivity index (χ0n) is 12.3. The van der Waals surface area contributed by atoms with Crippen LogP contribution in [0.5, 0.6) is 0 Å². The molecule has 2 aromatic carbocycles. The van der Waals surface area contributed by atoms with Crippen molar-refractivity contribution in [1.29, 1.82) is 0 Å². The summed E-state index contributed by atoms with van der Waals surface area (Å²) in [5.74, 6) is 0.506. The van der Waals surface area contributed by atoms with E-state index in [2.05, 4.69) is 29.7 Å². The lowest BCUT2D eigenvalue weighted by molar-refractivity contribution is -0.113. The molecule has 1 amide bonds. The van der Waals surface area contributed by atoms with Crippen molar-refractivity contribution in [1.82, 2.24) is 0 Å². The summed E-state index contributed by atoms with van der Waals surface area (Å²) in [6, 6.07) is 18.3. The summed E-state index contributed by atoms with van der Waals surface area (Å²) in [6.07, 6.45) is 1.91. The molecule has 1 unspecified atom stereocenters. The third kappa shape index (κ3) is 4.83. The molecule has 4 heteroatoms. The van der Waals surface area contributed by atoms with Crippen molar-refractivity contribution in [3.05, 3.63) is 60.2 Å². The van der Waals surface area contributed by atoms with Gasteiger partial charge >= 0.3 is 0 Å². The van der Waals surface area contributed by atoms with Gasteiger partial charge in [-0.25, -0.2) is 0 Å². The van der Waals surface area contributed by atoms with Crippen molar-refractivity contribution in [3.8, 4) is 0 Å². The average Bonchev–Trinajstić information content (AvgIpc) is 2.50. The van der Waals surface area contributed by atoms with E-state index in [-0.39, 0.29) is 11.9 Å². The largest absolute Gasteiger partial charge is 0.379 e. The van der Waals surface area contributed by atoms with Gasteiger partial charge in [-0.3, -0.25) is 4.79 Å². The SMILES string of the molecule is CSCC(=O)Nc1ccc(NC(C)c2ccccc2)cc1. The summed E-state index contributed by atoms with van der Waals surface area (Å²) in [6.45, 7) is 2.13. The molecule has 2 N–H and O–H groups in total. The first kappa shape index (κ1) is 15.4. The predicted octanol–water partition coefficient (Wildman–Crippen LogP) is 4.16. The maximum atomic E-state index is 11.5. The predicted molar refractivity (Wildman–Crippen MR) is 91.9 cm³/mol. The van der Waals surface area contributed by atoms with Gasteiger partial charge in [0.1, 0.15) is 0 Å². The lowest BCUT2D eigenvalue weighted by atomic mass is 10.1. The number of hydrogen-bond donors (Lipinski definition) is 2. The maximum Gasteiger partial charge on any atom is 0.234 e. The summed E-state index contributed by atoms with van der Waals surface area (Å²) in [5, 5.41) is 6.31. The van der Waals surface area contributed by atoms with Gasteiger partial charge in [0.25, 0.3) is 0 Å². The Labute approximate surface area is 130 Å². The van der Waals surface area contributed by atoms with Crippen LogP contribution in [0.15, 0.2) is 54.6 Å². The molecule has 0 fully saturated rings. The molecule has 1 atom stereocenters. The Balaban J connectivity index is 1.95. The molecule has 21 heavy (non-hydrogen) atoms. The lowest BCUT2D eigenvalue weighted by Crippen LogP contribution is -2.13. The molecule has 3 nitrogen and oxygen atoms in total. The first-order valence-corrected chi connectivity index (χ1v) is 8.29. The van der Waals surface area contributed by atoms with E-state index >= 15 is 0 Å². The Bertz CT molecular complexity index is 569. The van der Waals surface area contributed by atoms with Crippen molar-refractivity contribution >= 4 is 29.0 Å². The number of thioether (sulfide) groups is 1. The number of rotatable bonds is 6. The number of anilines is 2. The molecule has 0 aliphatic carbocycles. The minimum absolute atomic E-state index is 0.0286.